The van der Waals surface area contributed by atoms with Crippen molar-refractivity contribution >= 4 is 29.6 Å². The molecule has 134 valence electrons. The van der Waals surface area contributed by atoms with Crippen LogP contribution < -0.4 is 16.0 Å². The number of hydrogen-bond acceptors (Lipinski definition) is 7. The number of carbonyl (C=O) groups excluding carboxylic acids is 1. The standard InChI is InChI=1S/C16H28N6OS/c1-11(14(23)18-12-8-6-4-5-7-9-12)24-10-13-19-15(17)21-16(20-13)22(2)3/h11-12H,4-10H2,1-3H3,(H,18,23)(H2,17,19,20,21). The zero-order chi connectivity index (χ0) is 17.5. The van der Waals surface area contributed by atoms with Gasteiger partial charge in [0.15, 0.2) is 0 Å². The molecule has 1 fully saturated rings. The van der Waals surface area contributed by atoms with Crippen LogP contribution in [0, 0.1) is 0 Å². The predicted octanol–water partition coefficient (Wildman–Crippen LogP) is 1.98. The zero-order valence-electron chi connectivity index (χ0n) is 14.8. The molecule has 1 unspecified atom stereocenters. The third kappa shape index (κ3) is 5.81. The van der Waals surface area contributed by atoms with E-state index in [9.17, 15) is 4.79 Å². The number of nitrogen functional groups attached to an aromatic ring is 1. The van der Waals surface area contributed by atoms with Crippen molar-refractivity contribution in [2.24, 2.45) is 0 Å². The molecule has 1 aromatic heterocycles. The maximum Gasteiger partial charge on any atom is 0.233 e. The number of nitrogens with zero attached hydrogens (tertiary/aromatic N) is 4. The molecule has 1 amide bonds. The van der Waals surface area contributed by atoms with Crippen LogP contribution in [0.15, 0.2) is 0 Å². The Labute approximate surface area is 148 Å². The van der Waals surface area contributed by atoms with E-state index in [1.807, 2.05) is 21.0 Å². The Bertz CT molecular complexity index is 545. The van der Waals surface area contributed by atoms with Gasteiger partial charge in [0.2, 0.25) is 17.8 Å². The van der Waals surface area contributed by atoms with Gasteiger partial charge in [-0.05, 0) is 19.8 Å². The highest BCUT2D eigenvalue weighted by molar-refractivity contribution is 7.99. The van der Waals surface area contributed by atoms with E-state index < -0.39 is 0 Å². The first-order valence-electron chi connectivity index (χ1n) is 8.55. The summed E-state index contributed by atoms with van der Waals surface area (Å²) in [5.74, 6) is 1.98. The molecule has 24 heavy (non-hydrogen) atoms. The van der Waals surface area contributed by atoms with E-state index in [-0.39, 0.29) is 17.1 Å². The van der Waals surface area contributed by atoms with Crippen LogP contribution in [-0.2, 0) is 10.5 Å². The summed E-state index contributed by atoms with van der Waals surface area (Å²) in [4.78, 5) is 26.7. The highest BCUT2D eigenvalue weighted by Crippen LogP contribution is 2.20. The third-order valence-electron chi connectivity index (χ3n) is 4.12. The van der Waals surface area contributed by atoms with E-state index in [0.717, 1.165) is 12.8 Å². The molecule has 1 atom stereocenters. The van der Waals surface area contributed by atoms with Crippen molar-refractivity contribution in [2.45, 2.75) is 62.5 Å². The van der Waals surface area contributed by atoms with Crippen molar-refractivity contribution in [3.05, 3.63) is 5.82 Å². The van der Waals surface area contributed by atoms with Gasteiger partial charge in [0.05, 0.1) is 11.0 Å². The maximum atomic E-state index is 12.4. The molecule has 7 nitrogen and oxygen atoms in total. The summed E-state index contributed by atoms with van der Waals surface area (Å²) in [5.41, 5.74) is 5.72. The summed E-state index contributed by atoms with van der Waals surface area (Å²) < 4.78 is 0. The molecule has 0 radical (unpaired) electrons. The Hall–Kier alpha value is -1.57. The molecule has 0 aliphatic heterocycles. The van der Waals surface area contributed by atoms with Gasteiger partial charge in [0.1, 0.15) is 5.82 Å². The van der Waals surface area contributed by atoms with Crippen molar-refractivity contribution in [1.29, 1.82) is 0 Å². The monoisotopic (exact) mass is 352 g/mol. The molecule has 1 aliphatic rings. The topological polar surface area (TPSA) is 97.0 Å². The largest absolute Gasteiger partial charge is 0.368 e. The van der Waals surface area contributed by atoms with Crippen molar-refractivity contribution in [2.75, 3.05) is 24.7 Å². The summed E-state index contributed by atoms with van der Waals surface area (Å²) in [6, 6.07) is 0.330. The SMILES string of the molecule is CC(SCc1nc(N)nc(N(C)C)n1)C(=O)NC1CCCCCC1. The molecule has 0 spiro atoms. The van der Waals surface area contributed by atoms with E-state index >= 15 is 0 Å². The second-order valence-corrected chi connectivity index (χ2v) is 7.78. The number of rotatable bonds is 6. The second-order valence-electron chi connectivity index (χ2n) is 6.45. The molecular weight excluding hydrogens is 324 g/mol. The Balaban J connectivity index is 1.85. The zero-order valence-corrected chi connectivity index (χ0v) is 15.6. The number of amides is 1. The van der Waals surface area contributed by atoms with Gasteiger partial charge < -0.3 is 16.0 Å². The summed E-state index contributed by atoms with van der Waals surface area (Å²) in [6.07, 6.45) is 7.18. The molecule has 8 heteroatoms. The van der Waals surface area contributed by atoms with Gasteiger partial charge in [-0.1, -0.05) is 25.7 Å². The van der Waals surface area contributed by atoms with Gasteiger partial charge in [0, 0.05) is 20.1 Å². The molecule has 0 saturated heterocycles. The normalized spacial score (nSPS) is 17.1. The van der Waals surface area contributed by atoms with E-state index in [0.29, 0.717) is 23.6 Å². The van der Waals surface area contributed by atoms with Crippen molar-refractivity contribution < 1.29 is 4.79 Å². The lowest BCUT2D eigenvalue weighted by molar-refractivity contribution is -0.121. The van der Waals surface area contributed by atoms with Crippen LogP contribution in [0.5, 0.6) is 0 Å². The van der Waals surface area contributed by atoms with E-state index in [1.54, 1.807) is 4.90 Å². The lowest BCUT2D eigenvalue weighted by Gasteiger charge is -2.19. The molecule has 0 bridgehead atoms. The number of nitrogens with one attached hydrogen (secondary N) is 1. The quantitative estimate of drug-likeness (QED) is 0.756. The minimum Gasteiger partial charge on any atom is -0.368 e. The number of carbonyl (C=O) groups is 1. The highest BCUT2D eigenvalue weighted by Gasteiger charge is 2.20. The molecule has 1 aliphatic carbocycles. The first kappa shape index (κ1) is 18.8. The highest BCUT2D eigenvalue weighted by atomic mass is 32.2. The van der Waals surface area contributed by atoms with Crippen LogP contribution in [0.25, 0.3) is 0 Å². The van der Waals surface area contributed by atoms with Crippen LogP contribution in [0.2, 0.25) is 0 Å². The van der Waals surface area contributed by atoms with Crippen molar-refractivity contribution in [3.8, 4) is 0 Å². The number of hydrogen-bond donors (Lipinski definition) is 2. The Morgan fingerprint density at radius 3 is 2.54 bits per heavy atom. The summed E-state index contributed by atoms with van der Waals surface area (Å²) >= 11 is 1.52. The van der Waals surface area contributed by atoms with Crippen LogP contribution in [-0.4, -0.2) is 46.2 Å². The fourth-order valence-electron chi connectivity index (χ4n) is 2.71. The van der Waals surface area contributed by atoms with Gasteiger partial charge in [-0.2, -0.15) is 15.0 Å². The average Bonchev–Trinajstić information content (AvgIpc) is 2.80. The number of nitrogens with two attached hydrogens (primary N) is 1. The first-order chi connectivity index (χ1) is 11.5. The fraction of sp³-hybridized carbons (Fsp3) is 0.750. The minimum atomic E-state index is -0.144. The Morgan fingerprint density at radius 2 is 1.92 bits per heavy atom. The van der Waals surface area contributed by atoms with Crippen molar-refractivity contribution in [1.82, 2.24) is 20.3 Å². The number of thioether (sulfide) groups is 1. The molecule has 0 aromatic carbocycles. The maximum absolute atomic E-state index is 12.4. The van der Waals surface area contributed by atoms with Gasteiger partial charge in [0.25, 0.3) is 0 Å². The summed E-state index contributed by atoms with van der Waals surface area (Å²) in [6.45, 7) is 1.92. The average molecular weight is 353 g/mol. The van der Waals surface area contributed by atoms with Gasteiger partial charge in [-0.3, -0.25) is 4.79 Å². The molecule has 1 saturated carbocycles. The molecule has 1 heterocycles. The Kier molecular flexibility index (Phi) is 7.08. The third-order valence-corrected chi connectivity index (χ3v) is 5.26. The van der Waals surface area contributed by atoms with Gasteiger partial charge in [-0.15, -0.1) is 11.8 Å². The smallest absolute Gasteiger partial charge is 0.233 e. The minimum absolute atomic E-state index is 0.0989. The van der Waals surface area contributed by atoms with Crippen LogP contribution >= 0.6 is 11.8 Å². The van der Waals surface area contributed by atoms with Crippen LogP contribution in [0.1, 0.15) is 51.3 Å². The molecule has 3 N–H and O–H groups in total. The van der Waals surface area contributed by atoms with Gasteiger partial charge >= 0.3 is 0 Å². The summed E-state index contributed by atoms with van der Waals surface area (Å²) in [7, 11) is 3.71. The Morgan fingerprint density at radius 1 is 1.25 bits per heavy atom. The van der Waals surface area contributed by atoms with Crippen LogP contribution in [0.3, 0.4) is 0 Å². The van der Waals surface area contributed by atoms with E-state index in [4.69, 9.17) is 5.73 Å². The number of aromatic nitrogens is 3. The van der Waals surface area contributed by atoms with E-state index in [2.05, 4.69) is 20.3 Å². The number of anilines is 2. The summed E-state index contributed by atoms with van der Waals surface area (Å²) in [5, 5.41) is 3.05. The molecule has 1 aromatic rings. The first-order valence-corrected chi connectivity index (χ1v) is 9.60. The van der Waals surface area contributed by atoms with E-state index in [1.165, 1.54) is 37.4 Å². The second kappa shape index (κ2) is 9.05. The predicted molar refractivity (Wildman–Crippen MR) is 99.0 cm³/mol. The van der Waals surface area contributed by atoms with Gasteiger partial charge in [-0.25, -0.2) is 0 Å². The molecular formula is C16H28N6OS. The van der Waals surface area contributed by atoms with Crippen LogP contribution in [0.4, 0.5) is 11.9 Å². The van der Waals surface area contributed by atoms with Crippen molar-refractivity contribution in [3.63, 3.8) is 0 Å². The fourth-order valence-corrected chi connectivity index (χ4v) is 3.45. The lowest BCUT2D eigenvalue weighted by Crippen LogP contribution is -2.39. The lowest BCUT2D eigenvalue weighted by atomic mass is 10.1. The molecule has 2 rings (SSSR count).